The molecule has 26 heavy (non-hydrogen) atoms. The van der Waals surface area contributed by atoms with Crippen LogP contribution in [0.15, 0.2) is 53.8 Å². The molecular weight excluding hydrogens is 444 g/mol. The van der Waals surface area contributed by atoms with Gasteiger partial charge in [-0.2, -0.15) is 0 Å². The quantitative estimate of drug-likeness (QED) is 0.296. The van der Waals surface area contributed by atoms with E-state index in [2.05, 4.69) is 25.6 Å². The fourth-order valence-corrected chi connectivity index (χ4v) is 2.75. The molecule has 0 aliphatic carbocycles. The maximum Gasteiger partial charge on any atom is 0.190 e. The predicted octanol–water partition coefficient (Wildman–Crippen LogP) is 3.27. The van der Waals surface area contributed by atoms with E-state index in [1.165, 1.54) is 6.07 Å². The fraction of sp³-hybridized carbons (Fsp3) is 0.263. The van der Waals surface area contributed by atoms with Crippen LogP contribution in [0.3, 0.4) is 0 Å². The molecule has 138 valence electrons. The molecule has 0 saturated carbocycles. The Morgan fingerprint density at radius 3 is 2.69 bits per heavy atom. The maximum absolute atomic E-state index is 13.4. The fourth-order valence-electron chi connectivity index (χ4n) is 2.75. The van der Waals surface area contributed by atoms with Gasteiger partial charge in [0.25, 0.3) is 0 Å². The normalized spacial score (nSPS) is 11.2. The molecule has 2 aromatic heterocycles. The minimum absolute atomic E-state index is 0. The Balaban J connectivity index is 0.00000243. The summed E-state index contributed by atoms with van der Waals surface area (Å²) in [4.78, 5) is 11.7. The Labute approximate surface area is 169 Å². The summed E-state index contributed by atoms with van der Waals surface area (Å²) in [6.45, 7) is 1.47. The molecule has 0 atom stereocenters. The lowest BCUT2D eigenvalue weighted by atomic mass is 10.1. The second kappa shape index (κ2) is 10.1. The van der Waals surface area contributed by atoms with Gasteiger partial charge >= 0.3 is 0 Å². The van der Waals surface area contributed by atoms with Crippen LogP contribution >= 0.6 is 24.0 Å². The van der Waals surface area contributed by atoms with Gasteiger partial charge in [0.2, 0.25) is 0 Å². The third-order valence-electron chi connectivity index (χ3n) is 4.04. The molecule has 2 heterocycles. The monoisotopic (exact) mass is 467 g/mol. The van der Waals surface area contributed by atoms with Crippen molar-refractivity contribution in [2.24, 2.45) is 4.99 Å². The van der Waals surface area contributed by atoms with Crippen molar-refractivity contribution in [2.75, 3.05) is 20.1 Å². The van der Waals surface area contributed by atoms with Gasteiger partial charge in [-0.15, -0.1) is 24.0 Å². The molecule has 7 heteroatoms. The number of H-pyrrole nitrogens is 1. The Bertz CT molecular complexity index is 848. The first-order chi connectivity index (χ1) is 12.3. The summed E-state index contributed by atoms with van der Waals surface area (Å²) in [5, 5.41) is 7.49. The Kier molecular flexibility index (Phi) is 7.83. The first-order valence-corrected chi connectivity index (χ1v) is 8.36. The molecule has 3 aromatic rings. The van der Waals surface area contributed by atoms with E-state index in [9.17, 15) is 4.39 Å². The lowest BCUT2D eigenvalue weighted by Gasteiger charge is -2.11. The van der Waals surface area contributed by atoms with Crippen LogP contribution in [0.1, 0.15) is 11.3 Å². The van der Waals surface area contributed by atoms with Gasteiger partial charge in [-0.1, -0.05) is 6.07 Å². The van der Waals surface area contributed by atoms with Crippen LogP contribution in [0.4, 0.5) is 4.39 Å². The number of pyridine rings is 1. The maximum atomic E-state index is 13.4. The second-order valence-corrected chi connectivity index (χ2v) is 5.75. The van der Waals surface area contributed by atoms with E-state index in [1.807, 2.05) is 24.4 Å². The average molecular weight is 467 g/mol. The molecule has 0 aliphatic rings. The van der Waals surface area contributed by atoms with Crippen LogP contribution in [-0.4, -0.2) is 36.1 Å². The molecule has 0 aliphatic heterocycles. The van der Waals surface area contributed by atoms with Crippen molar-refractivity contribution in [3.63, 3.8) is 0 Å². The lowest BCUT2D eigenvalue weighted by Crippen LogP contribution is -2.39. The van der Waals surface area contributed by atoms with E-state index < -0.39 is 0 Å². The van der Waals surface area contributed by atoms with Crippen molar-refractivity contribution in [3.8, 4) is 0 Å². The first kappa shape index (κ1) is 20.2. The summed E-state index contributed by atoms with van der Waals surface area (Å²) < 4.78 is 13.4. The number of hydrogen-bond acceptors (Lipinski definition) is 2. The number of aromatic nitrogens is 2. The Morgan fingerprint density at radius 2 is 1.96 bits per heavy atom. The number of aromatic amines is 1. The van der Waals surface area contributed by atoms with Crippen LogP contribution in [-0.2, 0) is 12.8 Å². The molecular formula is C19H23FIN5. The molecule has 0 fully saturated rings. The third-order valence-corrected chi connectivity index (χ3v) is 4.04. The van der Waals surface area contributed by atoms with E-state index in [0.717, 1.165) is 47.5 Å². The van der Waals surface area contributed by atoms with Crippen molar-refractivity contribution in [1.82, 2.24) is 20.6 Å². The largest absolute Gasteiger partial charge is 0.361 e. The molecule has 1 aromatic carbocycles. The standard InChI is InChI=1S/C19H22FN5.HI/c1-21-19(24-11-8-16-4-2-3-9-22-16)23-10-7-14-13-25-18-6-5-15(20)12-17(14)18;/h2-6,9,12-13,25H,7-8,10-11H2,1H3,(H2,21,23,24);1H. The molecule has 5 nitrogen and oxygen atoms in total. The average Bonchev–Trinajstić information content (AvgIpc) is 3.03. The van der Waals surface area contributed by atoms with Gasteiger partial charge < -0.3 is 15.6 Å². The number of benzene rings is 1. The topological polar surface area (TPSA) is 65.1 Å². The zero-order valence-electron chi connectivity index (χ0n) is 14.6. The third kappa shape index (κ3) is 5.42. The number of rotatable bonds is 6. The van der Waals surface area contributed by atoms with E-state index in [-0.39, 0.29) is 29.8 Å². The smallest absolute Gasteiger partial charge is 0.190 e. The number of guanidine groups is 1. The molecule has 0 amide bonds. The van der Waals surface area contributed by atoms with Gasteiger partial charge in [0.05, 0.1) is 0 Å². The van der Waals surface area contributed by atoms with E-state index in [1.54, 1.807) is 25.4 Å². The van der Waals surface area contributed by atoms with Gasteiger partial charge in [-0.3, -0.25) is 9.98 Å². The van der Waals surface area contributed by atoms with Crippen molar-refractivity contribution >= 4 is 40.8 Å². The van der Waals surface area contributed by atoms with Crippen molar-refractivity contribution in [1.29, 1.82) is 0 Å². The summed E-state index contributed by atoms with van der Waals surface area (Å²) in [6.07, 6.45) is 5.35. The van der Waals surface area contributed by atoms with Gasteiger partial charge in [0.1, 0.15) is 5.82 Å². The van der Waals surface area contributed by atoms with Crippen LogP contribution < -0.4 is 10.6 Å². The summed E-state index contributed by atoms with van der Waals surface area (Å²) in [6, 6.07) is 10.7. The number of halogens is 2. The summed E-state index contributed by atoms with van der Waals surface area (Å²) in [5.74, 6) is 0.537. The molecule has 0 saturated heterocycles. The zero-order valence-corrected chi connectivity index (χ0v) is 17.0. The Morgan fingerprint density at radius 1 is 1.15 bits per heavy atom. The zero-order chi connectivity index (χ0) is 17.5. The number of aliphatic imine (C=N–C) groups is 1. The summed E-state index contributed by atoms with van der Waals surface area (Å²) in [7, 11) is 1.75. The number of nitrogens with one attached hydrogen (secondary N) is 3. The Hall–Kier alpha value is -2.16. The molecule has 0 bridgehead atoms. The summed E-state index contributed by atoms with van der Waals surface area (Å²) >= 11 is 0. The van der Waals surface area contributed by atoms with E-state index in [0.29, 0.717) is 6.54 Å². The molecule has 0 spiro atoms. The van der Waals surface area contributed by atoms with Crippen molar-refractivity contribution < 1.29 is 4.39 Å². The highest BCUT2D eigenvalue weighted by atomic mass is 127. The highest BCUT2D eigenvalue weighted by Crippen LogP contribution is 2.19. The molecule has 0 unspecified atom stereocenters. The summed E-state index contributed by atoms with van der Waals surface area (Å²) in [5.41, 5.74) is 3.09. The van der Waals surface area contributed by atoms with Gasteiger partial charge in [-0.05, 0) is 42.3 Å². The minimum Gasteiger partial charge on any atom is -0.361 e. The van der Waals surface area contributed by atoms with Crippen molar-refractivity contribution in [2.45, 2.75) is 12.8 Å². The number of nitrogens with zero attached hydrogens (tertiary/aromatic N) is 2. The van der Waals surface area contributed by atoms with Crippen LogP contribution in [0.5, 0.6) is 0 Å². The molecule has 3 N–H and O–H groups in total. The van der Waals surface area contributed by atoms with Gasteiger partial charge in [-0.25, -0.2) is 4.39 Å². The second-order valence-electron chi connectivity index (χ2n) is 5.75. The van der Waals surface area contributed by atoms with Crippen LogP contribution in [0.25, 0.3) is 10.9 Å². The minimum atomic E-state index is -0.215. The lowest BCUT2D eigenvalue weighted by molar-refractivity contribution is 0.629. The van der Waals surface area contributed by atoms with Crippen LogP contribution in [0.2, 0.25) is 0 Å². The predicted molar refractivity (Wildman–Crippen MR) is 115 cm³/mol. The molecule has 0 radical (unpaired) electrons. The van der Waals surface area contributed by atoms with E-state index >= 15 is 0 Å². The first-order valence-electron chi connectivity index (χ1n) is 8.36. The molecule has 3 rings (SSSR count). The van der Waals surface area contributed by atoms with Crippen LogP contribution in [0, 0.1) is 5.82 Å². The number of fused-ring (bicyclic) bond motifs is 1. The van der Waals surface area contributed by atoms with E-state index in [4.69, 9.17) is 0 Å². The van der Waals surface area contributed by atoms with Crippen molar-refractivity contribution in [3.05, 3.63) is 65.9 Å². The highest BCUT2D eigenvalue weighted by Gasteiger charge is 2.05. The highest BCUT2D eigenvalue weighted by molar-refractivity contribution is 14.0. The number of hydrogen-bond donors (Lipinski definition) is 3. The van der Waals surface area contributed by atoms with Gasteiger partial charge in [0, 0.05) is 55.5 Å². The SMILES string of the molecule is CN=C(NCCc1ccccn1)NCCc1c[nH]c2ccc(F)cc12.I. The van der Waals surface area contributed by atoms with Gasteiger partial charge in [0.15, 0.2) is 5.96 Å².